The molecular weight excluding hydrogens is 480 g/mol. The first-order valence-corrected chi connectivity index (χ1v) is 14.2. The maximum absolute atomic E-state index is 12.8. The molecule has 0 amide bonds. The molecule has 3 aliphatic rings. The number of ether oxygens (including phenoxy) is 2. The third kappa shape index (κ3) is 4.94. The highest BCUT2D eigenvalue weighted by atomic mass is 32.2. The van der Waals surface area contributed by atoms with Crippen molar-refractivity contribution in [3.05, 3.63) is 65.7 Å². The van der Waals surface area contributed by atoms with Gasteiger partial charge in [0.2, 0.25) is 10.0 Å². The van der Waals surface area contributed by atoms with Gasteiger partial charge in [-0.1, -0.05) is 48.5 Å². The molecule has 11 heteroatoms. The van der Waals surface area contributed by atoms with Crippen molar-refractivity contribution in [3.8, 4) is 11.4 Å². The molecule has 190 valence electrons. The van der Waals surface area contributed by atoms with Gasteiger partial charge in [0.1, 0.15) is 24.8 Å². The lowest BCUT2D eigenvalue weighted by Crippen LogP contribution is -3.08. The molecule has 0 saturated carbocycles. The molecule has 3 aromatic rings. The van der Waals surface area contributed by atoms with E-state index in [2.05, 4.69) is 38.4 Å². The molecule has 1 aromatic heterocycles. The van der Waals surface area contributed by atoms with Gasteiger partial charge >= 0.3 is 0 Å². The molecule has 2 aromatic carbocycles. The van der Waals surface area contributed by atoms with Crippen LogP contribution < -0.4 is 9.62 Å². The number of quaternary nitrogens is 1. The molecule has 0 bridgehead atoms. The molecule has 0 unspecified atom stereocenters. The normalized spacial score (nSPS) is 26.4. The minimum atomic E-state index is -3.55. The van der Waals surface area contributed by atoms with Crippen LogP contribution in [0.5, 0.6) is 0 Å². The second-order valence-electron chi connectivity index (χ2n) is 9.91. The molecule has 0 aliphatic carbocycles. The number of fused-ring (bicyclic) bond motifs is 1. The Labute approximate surface area is 210 Å². The van der Waals surface area contributed by atoms with Crippen molar-refractivity contribution >= 4 is 10.0 Å². The van der Waals surface area contributed by atoms with Gasteiger partial charge in [0, 0.05) is 24.0 Å². The third-order valence-electron chi connectivity index (χ3n) is 7.31. The van der Waals surface area contributed by atoms with Crippen molar-refractivity contribution in [2.24, 2.45) is 0 Å². The maximum atomic E-state index is 12.8. The Bertz CT molecular complexity index is 1290. The number of likely N-dealkylation sites (tertiary alicyclic amines) is 1. The number of tetrazole rings is 1. The number of hydrogen-bond acceptors (Lipinski definition) is 7. The van der Waals surface area contributed by atoms with E-state index in [-0.39, 0.29) is 24.5 Å². The van der Waals surface area contributed by atoms with E-state index in [0.29, 0.717) is 12.4 Å². The monoisotopic (exact) mass is 511 g/mol. The molecule has 3 saturated heterocycles. The van der Waals surface area contributed by atoms with Crippen molar-refractivity contribution in [3.63, 3.8) is 0 Å². The summed E-state index contributed by atoms with van der Waals surface area (Å²) in [6, 6.07) is 16.8. The molecule has 36 heavy (non-hydrogen) atoms. The van der Waals surface area contributed by atoms with E-state index in [0.717, 1.165) is 17.7 Å². The van der Waals surface area contributed by atoms with Gasteiger partial charge < -0.3 is 14.4 Å². The predicted molar refractivity (Wildman–Crippen MR) is 131 cm³/mol. The fourth-order valence-corrected chi connectivity index (χ4v) is 7.00. The maximum Gasteiger partial charge on any atom is 0.216 e. The molecule has 3 fully saturated rings. The number of hydrogen-bond donors (Lipinski definition) is 2. The smallest absolute Gasteiger partial charge is 0.216 e. The number of rotatable bonds is 8. The van der Waals surface area contributed by atoms with Gasteiger partial charge in [-0.3, -0.25) is 0 Å². The number of sulfonamides is 1. The van der Waals surface area contributed by atoms with Crippen LogP contribution in [0.25, 0.3) is 11.4 Å². The molecule has 0 spiro atoms. The fraction of sp³-hybridized carbons (Fsp3) is 0.480. The summed E-state index contributed by atoms with van der Waals surface area (Å²) in [7, 11) is -3.55. The fourth-order valence-electron chi connectivity index (χ4n) is 5.62. The van der Waals surface area contributed by atoms with E-state index in [1.807, 2.05) is 24.3 Å². The van der Waals surface area contributed by atoms with Crippen LogP contribution in [0.15, 0.2) is 54.6 Å². The first-order valence-electron chi connectivity index (χ1n) is 12.5. The molecule has 4 atom stereocenters. The van der Waals surface area contributed by atoms with Crippen LogP contribution in [0.4, 0.5) is 0 Å². The van der Waals surface area contributed by atoms with Crippen LogP contribution in [0, 0.1) is 0 Å². The minimum absolute atomic E-state index is 0.0855. The highest BCUT2D eigenvalue weighted by Gasteiger charge is 2.50. The second-order valence-corrected chi connectivity index (χ2v) is 11.7. The Morgan fingerprint density at radius 1 is 0.972 bits per heavy atom. The van der Waals surface area contributed by atoms with Gasteiger partial charge in [-0.2, -0.15) is 0 Å². The van der Waals surface area contributed by atoms with Gasteiger partial charge in [0.25, 0.3) is 0 Å². The molecule has 4 heterocycles. The predicted octanol–water partition coefficient (Wildman–Crippen LogP) is 0.346. The SMILES string of the molecule is O=S(=O)(Cc1ccccc1)N[C@H]1CO[C@H]2[C@@H]1OC[C@@H]2n1nnnc1-c1cccc(C[NH+]2CCCC2)c1. The van der Waals surface area contributed by atoms with Crippen LogP contribution in [0.2, 0.25) is 0 Å². The quantitative estimate of drug-likeness (QED) is 0.449. The van der Waals surface area contributed by atoms with E-state index in [9.17, 15) is 8.42 Å². The van der Waals surface area contributed by atoms with Gasteiger partial charge in [-0.25, -0.2) is 17.8 Å². The lowest BCUT2D eigenvalue weighted by atomic mass is 10.1. The highest BCUT2D eigenvalue weighted by molar-refractivity contribution is 7.88. The van der Waals surface area contributed by atoms with Crippen molar-refractivity contribution in [2.75, 3.05) is 26.3 Å². The van der Waals surface area contributed by atoms with Crippen LogP contribution in [-0.4, -0.2) is 73.2 Å². The summed E-state index contributed by atoms with van der Waals surface area (Å²) in [5, 5.41) is 12.5. The Kier molecular flexibility index (Phi) is 6.57. The summed E-state index contributed by atoms with van der Waals surface area (Å²) in [4.78, 5) is 1.61. The molecule has 6 rings (SSSR count). The van der Waals surface area contributed by atoms with Gasteiger partial charge in [0.05, 0.1) is 38.1 Å². The van der Waals surface area contributed by atoms with E-state index >= 15 is 0 Å². The van der Waals surface area contributed by atoms with E-state index in [1.165, 1.54) is 31.5 Å². The zero-order chi connectivity index (χ0) is 24.5. The number of nitrogens with one attached hydrogen (secondary N) is 2. The average molecular weight is 512 g/mol. The summed E-state index contributed by atoms with van der Waals surface area (Å²) in [5.74, 6) is 0.580. The Hall–Kier alpha value is -2.70. The number of benzene rings is 2. The Balaban J connectivity index is 1.16. The molecule has 3 aliphatic heterocycles. The molecule has 10 nitrogen and oxygen atoms in total. The zero-order valence-electron chi connectivity index (χ0n) is 20.0. The van der Waals surface area contributed by atoms with Crippen LogP contribution in [0.3, 0.4) is 0 Å². The number of aromatic nitrogens is 4. The van der Waals surface area contributed by atoms with E-state index in [4.69, 9.17) is 9.47 Å². The minimum Gasteiger partial charge on any atom is -0.371 e. The van der Waals surface area contributed by atoms with Crippen molar-refractivity contribution in [1.29, 1.82) is 0 Å². The zero-order valence-corrected chi connectivity index (χ0v) is 20.8. The van der Waals surface area contributed by atoms with E-state index < -0.39 is 22.2 Å². The lowest BCUT2D eigenvalue weighted by Gasteiger charge is -2.18. The van der Waals surface area contributed by atoms with Crippen LogP contribution in [0.1, 0.15) is 30.0 Å². The Morgan fingerprint density at radius 3 is 2.58 bits per heavy atom. The summed E-state index contributed by atoms with van der Waals surface area (Å²) >= 11 is 0. The topological polar surface area (TPSA) is 113 Å². The summed E-state index contributed by atoms with van der Waals surface area (Å²) in [5.41, 5.74) is 2.96. The molecule has 0 radical (unpaired) electrons. The van der Waals surface area contributed by atoms with Crippen LogP contribution in [-0.2, 0) is 31.8 Å². The number of nitrogens with zero attached hydrogens (tertiary/aromatic N) is 4. The third-order valence-corrected chi connectivity index (χ3v) is 8.69. The second kappa shape index (κ2) is 9.98. The average Bonchev–Trinajstić information content (AvgIpc) is 3.66. The van der Waals surface area contributed by atoms with Gasteiger partial charge in [0.15, 0.2) is 5.82 Å². The molecule has 2 N–H and O–H groups in total. The van der Waals surface area contributed by atoms with Crippen molar-refractivity contribution in [1.82, 2.24) is 24.9 Å². The first kappa shape index (κ1) is 23.7. The first-order chi connectivity index (χ1) is 17.6. The highest BCUT2D eigenvalue weighted by Crippen LogP contribution is 2.36. The largest absolute Gasteiger partial charge is 0.371 e. The van der Waals surface area contributed by atoms with E-state index in [1.54, 1.807) is 21.7 Å². The summed E-state index contributed by atoms with van der Waals surface area (Å²) < 4.78 is 42.2. The standard InChI is InChI=1S/C25H30N6O4S/c32-36(33,17-18-7-2-1-3-8-18)27-21-15-34-24-22(16-35-23(21)24)31-25(26-28-29-31)20-10-6-9-19(13-20)14-30-11-4-5-12-30/h1-3,6-10,13,21-24,27H,4-5,11-12,14-17H2/p+1/t21-,22-,23+,24+/m0/s1. The Morgan fingerprint density at radius 2 is 1.75 bits per heavy atom. The van der Waals surface area contributed by atoms with Crippen LogP contribution >= 0.6 is 0 Å². The summed E-state index contributed by atoms with van der Waals surface area (Å²) in [6.07, 6.45) is 1.85. The van der Waals surface area contributed by atoms with Crippen molar-refractivity contribution < 1.29 is 22.8 Å². The molecular formula is C25H31N6O4S+. The van der Waals surface area contributed by atoms with Crippen molar-refractivity contribution in [2.45, 2.75) is 49.4 Å². The summed E-state index contributed by atoms with van der Waals surface area (Å²) in [6.45, 7) is 4.03. The van der Waals surface area contributed by atoms with Gasteiger partial charge in [-0.05, 0) is 22.1 Å². The lowest BCUT2D eigenvalue weighted by molar-refractivity contribution is -0.901. The van der Waals surface area contributed by atoms with Gasteiger partial charge in [-0.15, -0.1) is 5.10 Å².